The second-order valence-electron chi connectivity index (χ2n) is 10.5. The molecule has 0 spiro atoms. The van der Waals surface area contributed by atoms with Crippen LogP contribution in [0.25, 0.3) is 0 Å². The summed E-state index contributed by atoms with van der Waals surface area (Å²) in [5, 5.41) is 5.62. The quantitative estimate of drug-likeness (QED) is 0.358. The van der Waals surface area contributed by atoms with Gasteiger partial charge in [-0.05, 0) is 64.7 Å². The Morgan fingerprint density at radius 2 is 1.65 bits per heavy atom. The molecule has 0 saturated carbocycles. The van der Waals surface area contributed by atoms with Crippen LogP contribution in [0.3, 0.4) is 0 Å². The van der Waals surface area contributed by atoms with E-state index in [-0.39, 0.29) is 5.92 Å². The monoisotopic (exact) mass is 505 g/mol. The molecule has 0 heterocycles. The predicted molar refractivity (Wildman–Crippen MR) is 147 cm³/mol. The SMILES string of the molecule is C#CN(C(=O)C(NC(=O)OC(C)(C)C)C(C)CC)C(C(=O)Nc1ccccc1C)c1cc(C)cc(C)c1. The van der Waals surface area contributed by atoms with Gasteiger partial charge in [-0.25, -0.2) is 4.79 Å². The highest BCUT2D eigenvalue weighted by Gasteiger charge is 2.38. The van der Waals surface area contributed by atoms with Crippen LogP contribution in [0.2, 0.25) is 0 Å². The molecule has 7 heteroatoms. The second-order valence-corrected chi connectivity index (χ2v) is 10.5. The van der Waals surface area contributed by atoms with Crippen molar-refractivity contribution in [3.8, 4) is 12.5 Å². The van der Waals surface area contributed by atoms with E-state index in [0.717, 1.165) is 21.6 Å². The Morgan fingerprint density at radius 1 is 1.05 bits per heavy atom. The number of amides is 3. The summed E-state index contributed by atoms with van der Waals surface area (Å²) in [6, 6.07) is 13.4. The first kappa shape index (κ1) is 29.4. The Hall–Kier alpha value is -3.79. The number of anilines is 1. The highest BCUT2D eigenvalue weighted by Crippen LogP contribution is 2.27. The minimum atomic E-state index is -1.12. The minimum absolute atomic E-state index is 0.268. The standard InChI is InChI=1S/C30H39N3O4/c1-10-21(5)25(32-29(36)37-30(7,8)9)28(35)33(11-2)26(23-17-19(3)16-20(4)18-23)27(34)31-24-15-13-12-14-22(24)6/h2,12-18,21,25-26H,10H2,1,3-9H3,(H,31,34)(H,32,36). The Bertz CT molecular complexity index is 1160. The summed E-state index contributed by atoms with van der Waals surface area (Å²) in [5.41, 5.74) is 3.19. The third-order valence-electron chi connectivity index (χ3n) is 6.00. The molecule has 0 aromatic heterocycles. The fraction of sp³-hybridized carbons (Fsp3) is 0.433. The van der Waals surface area contributed by atoms with Gasteiger partial charge in [-0.3, -0.25) is 14.5 Å². The van der Waals surface area contributed by atoms with Gasteiger partial charge in [0.15, 0.2) is 0 Å². The van der Waals surface area contributed by atoms with E-state index < -0.39 is 35.6 Å². The normalized spacial score (nSPS) is 13.5. The second kappa shape index (κ2) is 12.4. The van der Waals surface area contributed by atoms with Crippen molar-refractivity contribution >= 4 is 23.6 Å². The number of hydrogen-bond acceptors (Lipinski definition) is 4. The Morgan fingerprint density at radius 3 is 2.16 bits per heavy atom. The number of aryl methyl sites for hydroxylation is 3. The maximum atomic E-state index is 13.9. The summed E-state index contributed by atoms with van der Waals surface area (Å²) in [5.74, 6) is -1.28. The van der Waals surface area contributed by atoms with Crippen molar-refractivity contribution in [3.63, 3.8) is 0 Å². The van der Waals surface area contributed by atoms with E-state index in [9.17, 15) is 14.4 Å². The van der Waals surface area contributed by atoms with Gasteiger partial charge < -0.3 is 15.4 Å². The van der Waals surface area contributed by atoms with Crippen LogP contribution in [0.15, 0.2) is 42.5 Å². The molecule has 37 heavy (non-hydrogen) atoms. The smallest absolute Gasteiger partial charge is 0.408 e. The topological polar surface area (TPSA) is 87.7 Å². The van der Waals surface area contributed by atoms with E-state index in [0.29, 0.717) is 17.7 Å². The van der Waals surface area contributed by atoms with E-state index in [4.69, 9.17) is 11.2 Å². The molecule has 2 aromatic carbocycles. The van der Waals surface area contributed by atoms with Gasteiger partial charge in [0.1, 0.15) is 17.7 Å². The first-order valence-electron chi connectivity index (χ1n) is 12.5. The molecule has 198 valence electrons. The molecule has 0 saturated heterocycles. The van der Waals surface area contributed by atoms with Crippen LogP contribution < -0.4 is 10.6 Å². The molecule has 2 N–H and O–H groups in total. The maximum Gasteiger partial charge on any atom is 0.408 e. The zero-order valence-corrected chi connectivity index (χ0v) is 23.1. The van der Waals surface area contributed by atoms with Crippen LogP contribution in [0.1, 0.15) is 69.3 Å². The third-order valence-corrected chi connectivity index (χ3v) is 6.00. The summed E-state index contributed by atoms with van der Waals surface area (Å²) < 4.78 is 5.39. The Kier molecular flexibility index (Phi) is 9.90. The van der Waals surface area contributed by atoms with Crippen molar-refractivity contribution in [2.45, 2.75) is 79.5 Å². The van der Waals surface area contributed by atoms with E-state index in [1.165, 1.54) is 0 Å². The van der Waals surface area contributed by atoms with E-state index >= 15 is 0 Å². The Balaban J connectivity index is 2.54. The lowest BCUT2D eigenvalue weighted by molar-refractivity contribution is -0.137. The molecule has 0 fully saturated rings. The van der Waals surface area contributed by atoms with Crippen molar-refractivity contribution < 1.29 is 19.1 Å². The zero-order chi connectivity index (χ0) is 27.9. The Labute approximate surface area is 221 Å². The molecular formula is C30H39N3O4. The van der Waals surface area contributed by atoms with Crippen LogP contribution in [-0.4, -0.2) is 34.5 Å². The molecule has 0 aliphatic carbocycles. The van der Waals surface area contributed by atoms with Crippen LogP contribution >= 0.6 is 0 Å². The van der Waals surface area contributed by atoms with Crippen molar-refractivity contribution in [3.05, 3.63) is 64.7 Å². The molecule has 0 aliphatic rings. The summed E-state index contributed by atoms with van der Waals surface area (Å²) in [6.07, 6.45) is 5.76. The van der Waals surface area contributed by atoms with Gasteiger partial charge in [0, 0.05) is 11.7 Å². The molecule has 0 radical (unpaired) electrons. The molecular weight excluding hydrogens is 466 g/mol. The number of terminal acetylenes is 1. The lowest BCUT2D eigenvalue weighted by atomic mass is 9.95. The first-order chi connectivity index (χ1) is 17.3. The van der Waals surface area contributed by atoms with E-state index in [1.807, 2.05) is 71.0 Å². The van der Waals surface area contributed by atoms with E-state index in [2.05, 4.69) is 16.7 Å². The molecule has 0 aliphatic heterocycles. The minimum Gasteiger partial charge on any atom is -0.444 e. The number of benzene rings is 2. The fourth-order valence-corrected chi connectivity index (χ4v) is 4.03. The van der Waals surface area contributed by atoms with Gasteiger partial charge in [-0.15, -0.1) is 0 Å². The number of ether oxygens (including phenoxy) is 1. The lowest BCUT2D eigenvalue weighted by Crippen LogP contribution is -2.53. The van der Waals surface area contributed by atoms with Crippen molar-refractivity contribution in [2.75, 3.05) is 5.32 Å². The number of nitrogens with zero attached hydrogens (tertiary/aromatic N) is 1. The van der Waals surface area contributed by atoms with Crippen molar-refractivity contribution in [2.24, 2.45) is 5.92 Å². The summed E-state index contributed by atoms with van der Waals surface area (Å²) >= 11 is 0. The number of para-hydroxylation sites is 1. The molecule has 3 atom stereocenters. The molecule has 0 bridgehead atoms. The van der Waals surface area contributed by atoms with Crippen LogP contribution in [-0.2, 0) is 14.3 Å². The molecule has 2 aromatic rings. The van der Waals surface area contributed by atoms with Gasteiger partial charge in [-0.1, -0.05) is 74.2 Å². The molecule has 2 rings (SSSR count). The number of rotatable bonds is 8. The van der Waals surface area contributed by atoms with Crippen LogP contribution in [0.5, 0.6) is 0 Å². The number of nitrogens with one attached hydrogen (secondary N) is 2. The fourth-order valence-electron chi connectivity index (χ4n) is 4.03. The number of carbonyl (C=O) groups is 3. The number of hydrogen-bond donors (Lipinski definition) is 2. The largest absolute Gasteiger partial charge is 0.444 e. The summed E-state index contributed by atoms with van der Waals surface area (Å²) in [4.78, 5) is 41.4. The lowest BCUT2D eigenvalue weighted by Gasteiger charge is -2.32. The van der Waals surface area contributed by atoms with E-state index in [1.54, 1.807) is 26.8 Å². The average Bonchev–Trinajstić information content (AvgIpc) is 2.79. The van der Waals surface area contributed by atoms with Gasteiger partial charge >= 0.3 is 6.09 Å². The number of alkyl carbamates (subject to hydrolysis) is 1. The van der Waals surface area contributed by atoms with Gasteiger partial charge in [0.25, 0.3) is 11.8 Å². The highest BCUT2D eigenvalue weighted by molar-refractivity contribution is 6.00. The molecule has 3 unspecified atom stereocenters. The van der Waals surface area contributed by atoms with Crippen LogP contribution in [0, 0.1) is 39.2 Å². The van der Waals surface area contributed by atoms with Gasteiger partial charge in [0.2, 0.25) is 0 Å². The summed E-state index contributed by atoms with van der Waals surface area (Å²) in [6.45, 7) is 14.7. The predicted octanol–water partition coefficient (Wildman–Crippen LogP) is 5.65. The first-order valence-corrected chi connectivity index (χ1v) is 12.5. The highest BCUT2D eigenvalue weighted by atomic mass is 16.6. The summed E-state index contributed by atoms with van der Waals surface area (Å²) in [7, 11) is 0. The molecule has 3 amide bonds. The third kappa shape index (κ3) is 8.11. The maximum absolute atomic E-state index is 13.9. The van der Waals surface area contributed by atoms with Gasteiger partial charge in [-0.2, -0.15) is 0 Å². The van der Waals surface area contributed by atoms with Crippen molar-refractivity contribution in [1.29, 1.82) is 0 Å². The number of carbonyl (C=O) groups excluding carboxylic acids is 3. The molecule has 7 nitrogen and oxygen atoms in total. The zero-order valence-electron chi connectivity index (χ0n) is 23.1. The average molecular weight is 506 g/mol. The van der Waals surface area contributed by atoms with Crippen LogP contribution in [0.4, 0.5) is 10.5 Å². The van der Waals surface area contributed by atoms with Crippen molar-refractivity contribution in [1.82, 2.24) is 10.2 Å². The van der Waals surface area contributed by atoms with Gasteiger partial charge in [0.05, 0.1) is 0 Å².